The van der Waals surface area contributed by atoms with Crippen molar-refractivity contribution < 1.29 is 0 Å². The zero-order valence-electron chi connectivity index (χ0n) is 16.4. The van der Waals surface area contributed by atoms with Crippen molar-refractivity contribution in [3.63, 3.8) is 0 Å². The summed E-state index contributed by atoms with van der Waals surface area (Å²) in [6, 6.07) is 42.0. The summed E-state index contributed by atoms with van der Waals surface area (Å²) in [4.78, 5) is 0. The molecular formula is C28H20ClN. The first-order valence-corrected chi connectivity index (χ1v) is 10.4. The molecule has 30 heavy (non-hydrogen) atoms. The van der Waals surface area contributed by atoms with E-state index < -0.39 is 0 Å². The molecule has 0 atom stereocenters. The van der Waals surface area contributed by atoms with E-state index in [-0.39, 0.29) is 0 Å². The molecule has 1 nitrogen and oxygen atoms in total. The second kappa shape index (κ2) is 8.06. The van der Waals surface area contributed by atoms with Crippen LogP contribution in [0.1, 0.15) is 0 Å². The van der Waals surface area contributed by atoms with Crippen molar-refractivity contribution in [2.45, 2.75) is 0 Å². The molecule has 0 aliphatic carbocycles. The van der Waals surface area contributed by atoms with Crippen molar-refractivity contribution in [1.82, 2.24) is 4.57 Å². The van der Waals surface area contributed by atoms with Crippen LogP contribution in [0.15, 0.2) is 121 Å². The Morgan fingerprint density at radius 3 is 1.57 bits per heavy atom. The molecule has 0 saturated heterocycles. The third kappa shape index (κ3) is 3.45. The van der Waals surface area contributed by atoms with Gasteiger partial charge in [0.15, 0.2) is 0 Å². The molecule has 5 rings (SSSR count). The molecule has 0 N–H and O–H groups in total. The van der Waals surface area contributed by atoms with E-state index in [4.69, 9.17) is 11.6 Å². The highest BCUT2D eigenvalue weighted by molar-refractivity contribution is 6.30. The number of hydrogen-bond acceptors (Lipinski definition) is 0. The van der Waals surface area contributed by atoms with Crippen molar-refractivity contribution in [3.05, 3.63) is 126 Å². The second-order valence-electron chi connectivity index (χ2n) is 7.20. The van der Waals surface area contributed by atoms with Gasteiger partial charge in [-0.05, 0) is 47.0 Å². The fraction of sp³-hybridized carbons (Fsp3) is 0. The summed E-state index contributed by atoms with van der Waals surface area (Å²) < 4.78 is 2.34. The quantitative estimate of drug-likeness (QED) is 0.284. The lowest BCUT2D eigenvalue weighted by atomic mass is 10.0. The number of nitrogens with zero attached hydrogens (tertiary/aromatic N) is 1. The minimum absolute atomic E-state index is 0.733. The highest BCUT2D eigenvalue weighted by atomic mass is 35.5. The molecule has 1 aromatic heterocycles. The molecule has 5 aromatic rings. The van der Waals surface area contributed by atoms with Gasteiger partial charge in [0.05, 0.1) is 11.4 Å². The average molecular weight is 406 g/mol. The molecule has 0 unspecified atom stereocenters. The Balaban J connectivity index is 1.88. The Labute approximate surface area is 181 Å². The molecule has 0 aliphatic heterocycles. The van der Waals surface area contributed by atoms with E-state index in [9.17, 15) is 0 Å². The van der Waals surface area contributed by atoms with Gasteiger partial charge in [0, 0.05) is 16.3 Å². The molecule has 0 amide bonds. The lowest BCUT2D eigenvalue weighted by Crippen LogP contribution is -1.99. The van der Waals surface area contributed by atoms with E-state index in [2.05, 4.69) is 114 Å². The Kier molecular flexibility index (Phi) is 4.96. The van der Waals surface area contributed by atoms with Crippen molar-refractivity contribution in [3.8, 4) is 39.3 Å². The zero-order chi connectivity index (χ0) is 20.3. The maximum Gasteiger partial charge on any atom is 0.0613 e. The Hall–Kier alpha value is -3.55. The van der Waals surface area contributed by atoms with Gasteiger partial charge in [-0.25, -0.2) is 0 Å². The molecule has 0 radical (unpaired) electrons. The monoisotopic (exact) mass is 405 g/mol. The maximum absolute atomic E-state index is 6.20. The van der Waals surface area contributed by atoms with Crippen molar-refractivity contribution in [1.29, 1.82) is 0 Å². The van der Waals surface area contributed by atoms with Crippen molar-refractivity contribution in [2.75, 3.05) is 0 Å². The minimum Gasteiger partial charge on any atom is -0.309 e. The molecule has 0 fully saturated rings. The summed E-state index contributed by atoms with van der Waals surface area (Å²) in [5, 5.41) is 0.733. The zero-order valence-corrected chi connectivity index (χ0v) is 17.1. The van der Waals surface area contributed by atoms with Crippen LogP contribution >= 0.6 is 11.6 Å². The molecule has 144 valence electrons. The van der Waals surface area contributed by atoms with Gasteiger partial charge in [0.2, 0.25) is 0 Å². The van der Waals surface area contributed by atoms with E-state index in [1.54, 1.807) is 0 Å². The summed E-state index contributed by atoms with van der Waals surface area (Å²) in [7, 11) is 0. The summed E-state index contributed by atoms with van der Waals surface area (Å²) >= 11 is 6.20. The van der Waals surface area contributed by atoms with E-state index in [1.807, 2.05) is 12.1 Å². The summed E-state index contributed by atoms with van der Waals surface area (Å²) in [5.41, 5.74) is 8.15. The smallest absolute Gasteiger partial charge is 0.0613 e. The van der Waals surface area contributed by atoms with Crippen LogP contribution in [0.5, 0.6) is 0 Å². The first kappa shape index (κ1) is 18.5. The molecular weight excluding hydrogens is 386 g/mol. The molecule has 4 aromatic carbocycles. The molecule has 0 aliphatic rings. The van der Waals surface area contributed by atoms with Crippen LogP contribution in [0.25, 0.3) is 39.3 Å². The summed E-state index contributed by atoms with van der Waals surface area (Å²) in [5.74, 6) is 0. The van der Waals surface area contributed by atoms with E-state index in [0.29, 0.717) is 0 Å². The van der Waals surface area contributed by atoms with Gasteiger partial charge in [-0.15, -0.1) is 0 Å². The fourth-order valence-electron chi connectivity index (χ4n) is 3.91. The molecule has 0 saturated carbocycles. The van der Waals surface area contributed by atoms with E-state index >= 15 is 0 Å². The standard InChI is InChI=1S/C28H20ClN/c29-24-16-18-25(19-17-24)30-27(22-12-6-2-7-13-22)20-26(21-10-4-1-5-11-21)28(30)23-14-8-3-9-15-23/h1-20H. The molecule has 2 heteroatoms. The predicted molar refractivity (Wildman–Crippen MR) is 127 cm³/mol. The highest BCUT2D eigenvalue weighted by Crippen LogP contribution is 2.41. The Morgan fingerprint density at radius 2 is 1.00 bits per heavy atom. The largest absolute Gasteiger partial charge is 0.309 e. The van der Waals surface area contributed by atoms with Gasteiger partial charge in [-0.2, -0.15) is 0 Å². The molecule has 0 spiro atoms. The lowest BCUT2D eigenvalue weighted by molar-refractivity contribution is 1.10. The number of aromatic nitrogens is 1. The summed E-state index contributed by atoms with van der Waals surface area (Å²) in [6.45, 7) is 0. The van der Waals surface area contributed by atoms with Gasteiger partial charge >= 0.3 is 0 Å². The van der Waals surface area contributed by atoms with Crippen LogP contribution in [-0.4, -0.2) is 4.57 Å². The first-order valence-electron chi connectivity index (χ1n) is 9.99. The fourth-order valence-corrected chi connectivity index (χ4v) is 4.03. The van der Waals surface area contributed by atoms with Gasteiger partial charge in [-0.3, -0.25) is 0 Å². The van der Waals surface area contributed by atoms with Crippen molar-refractivity contribution >= 4 is 11.6 Å². The van der Waals surface area contributed by atoms with Gasteiger partial charge in [0.1, 0.15) is 0 Å². The lowest BCUT2D eigenvalue weighted by Gasteiger charge is -2.16. The number of halogens is 1. The third-order valence-corrected chi connectivity index (χ3v) is 5.54. The topological polar surface area (TPSA) is 4.93 Å². The second-order valence-corrected chi connectivity index (χ2v) is 7.64. The van der Waals surface area contributed by atoms with Crippen LogP contribution in [0.4, 0.5) is 0 Å². The van der Waals surface area contributed by atoms with Crippen molar-refractivity contribution in [2.24, 2.45) is 0 Å². The third-order valence-electron chi connectivity index (χ3n) is 5.29. The van der Waals surface area contributed by atoms with Crippen LogP contribution < -0.4 is 0 Å². The van der Waals surface area contributed by atoms with Gasteiger partial charge < -0.3 is 4.57 Å². The normalized spacial score (nSPS) is 10.8. The first-order chi connectivity index (χ1) is 14.8. The predicted octanol–water partition coefficient (Wildman–Crippen LogP) is 8.13. The van der Waals surface area contributed by atoms with Gasteiger partial charge in [-0.1, -0.05) is 103 Å². The van der Waals surface area contributed by atoms with Crippen LogP contribution in [0.3, 0.4) is 0 Å². The molecule has 0 bridgehead atoms. The van der Waals surface area contributed by atoms with Crippen LogP contribution in [-0.2, 0) is 0 Å². The number of benzene rings is 4. The Bertz CT molecular complexity index is 1260. The van der Waals surface area contributed by atoms with E-state index in [1.165, 1.54) is 27.9 Å². The Morgan fingerprint density at radius 1 is 0.500 bits per heavy atom. The number of rotatable bonds is 4. The maximum atomic E-state index is 6.20. The summed E-state index contributed by atoms with van der Waals surface area (Å²) in [6.07, 6.45) is 0. The van der Waals surface area contributed by atoms with E-state index in [0.717, 1.165) is 16.4 Å². The number of hydrogen-bond donors (Lipinski definition) is 0. The van der Waals surface area contributed by atoms with Gasteiger partial charge in [0.25, 0.3) is 0 Å². The molecule has 1 heterocycles. The highest BCUT2D eigenvalue weighted by Gasteiger charge is 2.20. The SMILES string of the molecule is Clc1ccc(-n2c(-c3ccccc3)cc(-c3ccccc3)c2-c2ccccc2)cc1. The van der Waals surface area contributed by atoms with Crippen LogP contribution in [0.2, 0.25) is 5.02 Å². The average Bonchev–Trinajstić information content (AvgIpc) is 3.22. The van der Waals surface area contributed by atoms with Crippen LogP contribution in [0, 0.1) is 0 Å². The minimum atomic E-state index is 0.733.